The Morgan fingerprint density at radius 1 is 1.18 bits per heavy atom. The van der Waals surface area contributed by atoms with Crippen LogP contribution in [-0.4, -0.2) is 39.8 Å². The van der Waals surface area contributed by atoms with Crippen molar-refractivity contribution in [3.05, 3.63) is 42.2 Å². The number of carbonyl (C=O) groups excluding carboxylic acids is 1. The maximum Gasteiger partial charge on any atom is 0.291 e. The first-order valence-corrected chi connectivity index (χ1v) is 7.77. The summed E-state index contributed by atoms with van der Waals surface area (Å²) >= 11 is 0. The second kappa shape index (κ2) is 6.20. The third-order valence-electron chi connectivity index (χ3n) is 2.90. The van der Waals surface area contributed by atoms with Gasteiger partial charge in [-0.1, -0.05) is 12.1 Å². The molecule has 2 aromatic rings. The van der Waals surface area contributed by atoms with Crippen molar-refractivity contribution >= 4 is 21.6 Å². The molecular weight excluding hydrogens is 308 g/mol. The summed E-state index contributed by atoms with van der Waals surface area (Å²) in [7, 11) is 0.535. The Hall–Kier alpha value is -2.32. The van der Waals surface area contributed by atoms with Gasteiger partial charge in [-0.15, -0.1) is 0 Å². The molecule has 1 N–H and O–H groups in total. The van der Waals surface area contributed by atoms with Gasteiger partial charge in [0.25, 0.3) is 15.9 Å². The molecule has 22 heavy (non-hydrogen) atoms. The summed E-state index contributed by atoms with van der Waals surface area (Å²) in [6, 6.07) is 9.41. The van der Waals surface area contributed by atoms with E-state index in [9.17, 15) is 13.2 Å². The van der Waals surface area contributed by atoms with E-state index in [0.717, 1.165) is 4.31 Å². The van der Waals surface area contributed by atoms with Gasteiger partial charge in [0.05, 0.1) is 12.8 Å². The summed E-state index contributed by atoms with van der Waals surface area (Å²) in [5.74, 6) is -0.181. The van der Waals surface area contributed by atoms with E-state index in [-0.39, 0.29) is 10.9 Å². The molecule has 0 spiro atoms. The van der Waals surface area contributed by atoms with E-state index < -0.39 is 15.9 Å². The number of methoxy groups -OCH3 is 1. The highest BCUT2D eigenvalue weighted by molar-refractivity contribution is 7.88. The van der Waals surface area contributed by atoms with Crippen molar-refractivity contribution in [2.24, 2.45) is 0 Å². The average Bonchev–Trinajstić information content (AvgIpc) is 2.98. The SMILES string of the molecule is COc1ccccc1NC(=O)c1ccc(S(=O)(=O)N(C)C)o1. The molecule has 0 aliphatic heterocycles. The maximum absolute atomic E-state index is 12.1. The molecule has 0 aliphatic carbocycles. The minimum absolute atomic E-state index is 0.105. The lowest BCUT2D eigenvalue weighted by atomic mass is 10.3. The number of carbonyl (C=O) groups is 1. The molecule has 0 aliphatic rings. The van der Waals surface area contributed by atoms with Crippen LogP contribution in [0.2, 0.25) is 0 Å². The fourth-order valence-electron chi connectivity index (χ4n) is 1.69. The number of ether oxygens (including phenoxy) is 1. The highest BCUT2D eigenvalue weighted by atomic mass is 32.2. The minimum Gasteiger partial charge on any atom is -0.495 e. The average molecular weight is 324 g/mol. The predicted molar refractivity (Wildman–Crippen MR) is 80.5 cm³/mol. The minimum atomic E-state index is -3.71. The van der Waals surface area contributed by atoms with Gasteiger partial charge in [-0.3, -0.25) is 4.79 Å². The van der Waals surface area contributed by atoms with Crippen LogP contribution in [-0.2, 0) is 10.0 Å². The standard InChI is InChI=1S/C14H16N2O5S/c1-16(2)22(18,19)13-9-8-12(21-13)14(17)15-10-6-4-5-7-11(10)20-3/h4-9H,1-3H3,(H,15,17). The second-order valence-corrected chi connectivity index (χ2v) is 6.64. The normalized spacial score (nSPS) is 11.5. The molecular formula is C14H16N2O5S. The predicted octanol–water partition coefficient (Wildman–Crippen LogP) is 1.79. The van der Waals surface area contributed by atoms with Gasteiger partial charge in [-0.2, -0.15) is 0 Å². The lowest BCUT2D eigenvalue weighted by Crippen LogP contribution is -2.21. The zero-order valence-corrected chi connectivity index (χ0v) is 13.2. The van der Waals surface area contributed by atoms with E-state index in [1.807, 2.05) is 0 Å². The lowest BCUT2D eigenvalue weighted by molar-refractivity contribution is 0.0991. The first kappa shape index (κ1) is 16.1. The van der Waals surface area contributed by atoms with Crippen LogP contribution in [0.15, 0.2) is 45.9 Å². The molecule has 7 nitrogen and oxygen atoms in total. The summed E-state index contributed by atoms with van der Waals surface area (Å²) in [6.45, 7) is 0. The topological polar surface area (TPSA) is 88.8 Å². The van der Waals surface area contributed by atoms with Crippen LogP contribution in [0.3, 0.4) is 0 Å². The molecule has 1 aromatic carbocycles. The Bertz CT molecular complexity index is 780. The first-order valence-electron chi connectivity index (χ1n) is 6.33. The maximum atomic E-state index is 12.1. The first-order chi connectivity index (χ1) is 10.4. The van der Waals surface area contributed by atoms with Gasteiger partial charge in [0.15, 0.2) is 5.76 Å². The zero-order chi connectivity index (χ0) is 16.3. The number of amides is 1. The van der Waals surface area contributed by atoms with Crippen LogP contribution >= 0.6 is 0 Å². The molecule has 0 bridgehead atoms. The second-order valence-electron chi connectivity index (χ2n) is 4.56. The Kier molecular flexibility index (Phi) is 4.53. The van der Waals surface area contributed by atoms with E-state index in [1.54, 1.807) is 24.3 Å². The highest BCUT2D eigenvalue weighted by Gasteiger charge is 2.23. The van der Waals surface area contributed by atoms with Crippen molar-refractivity contribution in [2.45, 2.75) is 5.09 Å². The number of hydrogen-bond acceptors (Lipinski definition) is 5. The third-order valence-corrected chi connectivity index (χ3v) is 4.58. The van der Waals surface area contributed by atoms with Crippen molar-refractivity contribution in [3.8, 4) is 5.75 Å². The number of benzene rings is 1. The number of nitrogens with one attached hydrogen (secondary N) is 1. The summed E-state index contributed by atoms with van der Waals surface area (Å²) in [4.78, 5) is 12.1. The Morgan fingerprint density at radius 3 is 2.50 bits per heavy atom. The number of furan rings is 1. The van der Waals surface area contributed by atoms with E-state index in [2.05, 4.69) is 5.32 Å². The Labute approximate surface area is 128 Å². The van der Waals surface area contributed by atoms with E-state index in [1.165, 1.54) is 33.3 Å². The van der Waals surface area contributed by atoms with Crippen LogP contribution in [0.4, 0.5) is 5.69 Å². The van der Waals surface area contributed by atoms with Crippen LogP contribution in [0.25, 0.3) is 0 Å². The van der Waals surface area contributed by atoms with Crippen LogP contribution in [0, 0.1) is 0 Å². The van der Waals surface area contributed by atoms with Gasteiger partial charge in [-0.25, -0.2) is 12.7 Å². The monoisotopic (exact) mass is 324 g/mol. The highest BCUT2D eigenvalue weighted by Crippen LogP contribution is 2.24. The number of nitrogens with zero attached hydrogens (tertiary/aromatic N) is 1. The fraction of sp³-hybridized carbons (Fsp3) is 0.214. The molecule has 0 atom stereocenters. The summed E-state index contributed by atoms with van der Waals surface area (Å²) in [5.41, 5.74) is 0.461. The van der Waals surface area contributed by atoms with Crippen molar-refractivity contribution in [1.82, 2.24) is 4.31 Å². The third kappa shape index (κ3) is 3.12. The van der Waals surface area contributed by atoms with Crippen LogP contribution in [0.5, 0.6) is 5.75 Å². The summed E-state index contributed by atoms with van der Waals surface area (Å²) in [5, 5.41) is 2.32. The number of anilines is 1. The lowest BCUT2D eigenvalue weighted by Gasteiger charge is -2.09. The molecule has 0 saturated carbocycles. The van der Waals surface area contributed by atoms with Crippen molar-refractivity contribution < 1.29 is 22.4 Å². The number of sulfonamides is 1. The zero-order valence-electron chi connectivity index (χ0n) is 12.4. The van der Waals surface area contributed by atoms with Crippen molar-refractivity contribution in [1.29, 1.82) is 0 Å². The van der Waals surface area contributed by atoms with E-state index >= 15 is 0 Å². The number of para-hydroxylation sites is 2. The van der Waals surface area contributed by atoms with E-state index in [0.29, 0.717) is 11.4 Å². The smallest absolute Gasteiger partial charge is 0.291 e. The molecule has 0 radical (unpaired) electrons. The van der Waals surface area contributed by atoms with Crippen LogP contribution < -0.4 is 10.1 Å². The molecule has 2 rings (SSSR count). The van der Waals surface area contributed by atoms with Crippen LogP contribution in [0.1, 0.15) is 10.6 Å². The van der Waals surface area contributed by atoms with Gasteiger partial charge < -0.3 is 14.5 Å². The van der Waals surface area contributed by atoms with Gasteiger partial charge in [0, 0.05) is 14.1 Å². The van der Waals surface area contributed by atoms with Crippen molar-refractivity contribution in [3.63, 3.8) is 0 Å². The summed E-state index contributed by atoms with van der Waals surface area (Å²) < 4.78 is 35.1. The molecule has 0 unspecified atom stereocenters. The Morgan fingerprint density at radius 2 is 1.86 bits per heavy atom. The summed E-state index contributed by atoms with van der Waals surface area (Å²) in [6.07, 6.45) is 0. The largest absolute Gasteiger partial charge is 0.495 e. The molecule has 0 fully saturated rings. The van der Waals surface area contributed by atoms with Gasteiger partial charge >= 0.3 is 0 Å². The quantitative estimate of drug-likeness (QED) is 0.906. The van der Waals surface area contributed by atoms with Crippen molar-refractivity contribution in [2.75, 3.05) is 26.5 Å². The van der Waals surface area contributed by atoms with Gasteiger partial charge in [0.2, 0.25) is 5.09 Å². The van der Waals surface area contributed by atoms with Gasteiger partial charge in [0.1, 0.15) is 5.75 Å². The number of hydrogen-bond donors (Lipinski definition) is 1. The molecule has 1 aromatic heterocycles. The Balaban J connectivity index is 2.23. The molecule has 1 heterocycles. The fourth-order valence-corrected chi connectivity index (χ4v) is 2.49. The van der Waals surface area contributed by atoms with E-state index in [4.69, 9.17) is 9.15 Å². The molecule has 1 amide bonds. The number of rotatable bonds is 5. The molecule has 8 heteroatoms. The van der Waals surface area contributed by atoms with Gasteiger partial charge in [-0.05, 0) is 24.3 Å². The molecule has 118 valence electrons. The molecule has 0 saturated heterocycles.